The molecule has 0 aliphatic rings. The van der Waals surface area contributed by atoms with Crippen molar-refractivity contribution in [3.8, 4) is 0 Å². The van der Waals surface area contributed by atoms with Crippen LogP contribution in [0.4, 0.5) is 0 Å². The first-order valence-corrected chi connectivity index (χ1v) is 5.93. The number of hydrogen-bond donors (Lipinski definition) is 1. The van der Waals surface area contributed by atoms with Gasteiger partial charge in [0.25, 0.3) is 0 Å². The number of ether oxygens (including phenoxy) is 1. The molecular formula is C12H27NO. The molecule has 0 aromatic heterocycles. The van der Waals surface area contributed by atoms with E-state index in [9.17, 15) is 0 Å². The van der Waals surface area contributed by atoms with Gasteiger partial charge in [-0.3, -0.25) is 0 Å². The Balaban J connectivity index is 3.80. The van der Waals surface area contributed by atoms with Crippen molar-refractivity contribution in [3.05, 3.63) is 0 Å². The van der Waals surface area contributed by atoms with Crippen LogP contribution in [-0.4, -0.2) is 24.8 Å². The van der Waals surface area contributed by atoms with Gasteiger partial charge in [0.2, 0.25) is 0 Å². The average Bonchev–Trinajstić information content (AvgIpc) is 2.15. The van der Waals surface area contributed by atoms with E-state index in [-0.39, 0.29) is 5.60 Å². The Labute approximate surface area is 89.4 Å². The summed E-state index contributed by atoms with van der Waals surface area (Å²) in [6.45, 7) is 12.7. The number of likely N-dealkylation sites (N-methyl/N-ethyl adjacent to an activating group) is 1. The van der Waals surface area contributed by atoms with Gasteiger partial charge in [-0.05, 0) is 33.2 Å². The van der Waals surface area contributed by atoms with Crippen molar-refractivity contribution in [2.75, 3.05) is 13.2 Å². The van der Waals surface area contributed by atoms with E-state index < -0.39 is 0 Å². The maximum atomic E-state index is 5.88. The van der Waals surface area contributed by atoms with Crippen LogP contribution >= 0.6 is 0 Å². The van der Waals surface area contributed by atoms with Gasteiger partial charge >= 0.3 is 0 Å². The standard InChI is InChI=1S/C12H27NO/c1-6-9-11(13-8-3)10-14-12(4,5)7-2/h11,13H,6-10H2,1-5H3. The summed E-state index contributed by atoms with van der Waals surface area (Å²) in [7, 11) is 0. The summed E-state index contributed by atoms with van der Waals surface area (Å²) < 4.78 is 5.88. The normalized spacial score (nSPS) is 14.4. The minimum absolute atomic E-state index is 0.0292. The maximum Gasteiger partial charge on any atom is 0.0626 e. The molecule has 86 valence electrons. The molecule has 0 spiro atoms. The van der Waals surface area contributed by atoms with Crippen LogP contribution in [0.25, 0.3) is 0 Å². The maximum absolute atomic E-state index is 5.88. The molecular weight excluding hydrogens is 174 g/mol. The fourth-order valence-electron chi connectivity index (χ4n) is 1.31. The quantitative estimate of drug-likeness (QED) is 0.652. The van der Waals surface area contributed by atoms with Crippen LogP contribution in [0.2, 0.25) is 0 Å². The highest BCUT2D eigenvalue weighted by Crippen LogP contribution is 2.14. The molecule has 0 saturated carbocycles. The molecule has 0 heterocycles. The summed E-state index contributed by atoms with van der Waals surface area (Å²) in [6.07, 6.45) is 3.49. The number of nitrogens with one attached hydrogen (secondary N) is 1. The summed E-state index contributed by atoms with van der Waals surface area (Å²) in [5.41, 5.74) is 0.0292. The molecule has 0 aromatic rings. The lowest BCUT2D eigenvalue weighted by atomic mass is 10.1. The highest BCUT2D eigenvalue weighted by Gasteiger charge is 2.17. The molecule has 2 heteroatoms. The molecule has 1 N–H and O–H groups in total. The fourth-order valence-corrected chi connectivity index (χ4v) is 1.31. The lowest BCUT2D eigenvalue weighted by Gasteiger charge is -2.27. The molecule has 2 nitrogen and oxygen atoms in total. The summed E-state index contributed by atoms with van der Waals surface area (Å²) in [6, 6.07) is 0.524. The van der Waals surface area contributed by atoms with Crippen LogP contribution in [0.1, 0.15) is 53.9 Å². The molecule has 1 unspecified atom stereocenters. The summed E-state index contributed by atoms with van der Waals surface area (Å²) >= 11 is 0. The SMILES string of the molecule is CCCC(COC(C)(C)CC)NCC. The van der Waals surface area contributed by atoms with E-state index in [4.69, 9.17) is 4.74 Å². The van der Waals surface area contributed by atoms with E-state index in [1.165, 1.54) is 12.8 Å². The Hall–Kier alpha value is -0.0800. The topological polar surface area (TPSA) is 21.3 Å². The Kier molecular flexibility index (Phi) is 7.20. The van der Waals surface area contributed by atoms with Crippen molar-refractivity contribution in [2.24, 2.45) is 0 Å². The van der Waals surface area contributed by atoms with Gasteiger partial charge in [0.1, 0.15) is 0 Å². The zero-order valence-corrected chi connectivity index (χ0v) is 10.5. The molecule has 0 aliphatic heterocycles. The molecule has 0 aliphatic carbocycles. The molecule has 0 rings (SSSR count). The number of rotatable bonds is 8. The van der Waals surface area contributed by atoms with Gasteiger partial charge in [-0.1, -0.05) is 27.2 Å². The third kappa shape index (κ3) is 6.39. The van der Waals surface area contributed by atoms with Gasteiger partial charge in [-0.15, -0.1) is 0 Å². The third-order valence-corrected chi connectivity index (χ3v) is 2.66. The Bertz CT molecular complexity index is 128. The first-order chi connectivity index (χ1) is 6.55. The highest BCUT2D eigenvalue weighted by atomic mass is 16.5. The van der Waals surface area contributed by atoms with Crippen LogP contribution in [0.5, 0.6) is 0 Å². The third-order valence-electron chi connectivity index (χ3n) is 2.66. The zero-order valence-electron chi connectivity index (χ0n) is 10.5. The van der Waals surface area contributed by atoms with E-state index in [2.05, 4.69) is 39.9 Å². The van der Waals surface area contributed by atoms with Crippen molar-refractivity contribution in [3.63, 3.8) is 0 Å². The van der Waals surface area contributed by atoms with Gasteiger partial charge in [0.15, 0.2) is 0 Å². The lowest BCUT2D eigenvalue weighted by molar-refractivity contribution is -0.0311. The summed E-state index contributed by atoms with van der Waals surface area (Å²) in [5, 5.41) is 3.46. The minimum Gasteiger partial charge on any atom is -0.374 e. The molecule has 0 saturated heterocycles. The van der Waals surface area contributed by atoms with Gasteiger partial charge in [0.05, 0.1) is 12.2 Å². The largest absolute Gasteiger partial charge is 0.374 e. The predicted molar refractivity (Wildman–Crippen MR) is 62.7 cm³/mol. The second-order valence-corrected chi connectivity index (χ2v) is 4.47. The van der Waals surface area contributed by atoms with Crippen molar-refractivity contribution >= 4 is 0 Å². The van der Waals surface area contributed by atoms with E-state index >= 15 is 0 Å². The summed E-state index contributed by atoms with van der Waals surface area (Å²) in [4.78, 5) is 0. The molecule has 0 bridgehead atoms. The lowest BCUT2D eigenvalue weighted by Crippen LogP contribution is -2.37. The van der Waals surface area contributed by atoms with Gasteiger partial charge in [-0.25, -0.2) is 0 Å². The van der Waals surface area contributed by atoms with E-state index in [0.717, 1.165) is 19.6 Å². The van der Waals surface area contributed by atoms with Crippen molar-refractivity contribution in [1.29, 1.82) is 0 Å². The van der Waals surface area contributed by atoms with Crippen LogP contribution < -0.4 is 5.32 Å². The van der Waals surface area contributed by atoms with Gasteiger partial charge in [-0.2, -0.15) is 0 Å². The van der Waals surface area contributed by atoms with Crippen LogP contribution in [-0.2, 0) is 4.74 Å². The first-order valence-electron chi connectivity index (χ1n) is 5.93. The molecule has 0 radical (unpaired) electrons. The van der Waals surface area contributed by atoms with Crippen LogP contribution in [0, 0.1) is 0 Å². The predicted octanol–water partition coefficient (Wildman–Crippen LogP) is 2.97. The monoisotopic (exact) mass is 201 g/mol. The average molecular weight is 201 g/mol. The van der Waals surface area contributed by atoms with Crippen LogP contribution in [0.3, 0.4) is 0 Å². The summed E-state index contributed by atoms with van der Waals surface area (Å²) in [5.74, 6) is 0. The molecule has 0 fully saturated rings. The second-order valence-electron chi connectivity index (χ2n) is 4.47. The Morgan fingerprint density at radius 2 is 1.86 bits per heavy atom. The Morgan fingerprint density at radius 3 is 2.29 bits per heavy atom. The first kappa shape index (κ1) is 13.9. The molecule has 1 atom stereocenters. The van der Waals surface area contributed by atoms with Crippen molar-refractivity contribution in [2.45, 2.75) is 65.5 Å². The van der Waals surface area contributed by atoms with Crippen molar-refractivity contribution < 1.29 is 4.74 Å². The fraction of sp³-hybridized carbons (Fsp3) is 1.00. The number of hydrogen-bond acceptors (Lipinski definition) is 2. The highest BCUT2D eigenvalue weighted by molar-refractivity contribution is 4.70. The second kappa shape index (κ2) is 7.24. The zero-order chi connectivity index (χ0) is 11.0. The molecule has 0 amide bonds. The molecule has 14 heavy (non-hydrogen) atoms. The van der Waals surface area contributed by atoms with E-state index in [0.29, 0.717) is 6.04 Å². The minimum atomic E-state index is 0.0292. The van der Waals surface area contributed by atoms with Crippen LogP contribution in [0.15, 0.2) is 0 Å². The van der Waals surface area contributed by atoms with E-state index in [1.807, 2.05) is 0 Å². The van der Waals surface area contributed by atoms with Crippen molar-refractivity contribution in [1.82, 2.24) is 5.32 Å². The smallest absolute Gasteiger partial charge is 0.0626 e. The molecule has 0 aromatic carbocycles. The van der Waals surface area contributed by atoms with E-state index in [1.54, 1.807) is 0 Å². The van der Waals surface area contributed by atoms with Gasteiger partial charge < -0.3 is 10.1 Å². The Morgan fingerprint density at radius 1 is 1.21 bits per heavy atom. The van der Waals surface area contributed by atoms with Gasteiger partial charge in [0, 0.05) is 6.04 Å².